The summed E-state index contributed by atoms with van der Waals surface area (Å²) >= 11 is 18.7. The maximum atomic E-state index is 15.2. The first kappa shape index (κ1) is 78.2. The molecule has 0 aliphatic carbocycles. The zero-order chi connectivity index (χ0) is 75.0. The molecule has 0 saturated carbocycles. The van der Waals surface area contributed by atoms with Crippen LogP contribution in [0.4, 0.5) is 71.3 Å². The lowest BCUT2D eigenvalue weighted by Crippen LogP contribution is -2.43. The quantitative estimate of drug-likeness (QED) is 0.0295. The highest BCUT2D eigenvalue weighted by Crippen LogP contribution is 2.38. The van der Waals surface area contributed by atoms with E-state index in [2.05, 4.69) is 106 Å². The van der Waals surface area contributed by atoms with Gasteiger partial charge in [0.25, 0.3) is 0 Å². The normalized spacial score (nSPS) is 14.4. The first-order valence-corrected chi connectivity index (χ1v) is 37.0. The third-order valence-corrected chi connectivity index (χ3v) is 20.0. The summed E-state index contributed by atoms with van der Waals surface area (Å²) in [4.78, 5) is 70.8. The van der Waals surface area contributed by atoms with Gasteiger partial charge in [0.2, 0.25) is 29.6 Å². The van der Waals surface area contributed by atoms with E-state index in [0.717, 1.165) is 115 Å². The van der Waals surface area contributed by atoms with Gasteiger partial charge in [0.1, 0.15) is 38.3 Å². The van der Waals surface area contributed by atoms with E-state index >= 15 is 13.2 Å². The van der Waals surface area contributed by atoms with Crippen molar-refractivity contribution in [1.82, 2.24) is 80.1 Å². The van der Waals surface area contributed by atoms with E-state index in [1.54, 1.807) is 30.3 Å². The van der Waals surface area contributed by atoms with Gasteiger partial charge in [0.05, 0.1) is 36.5 Å². The second kappa shape index (κ2) is 36.5. The number of piperidine rings is 3. The summed E-state index contributed by atoms with van der Waals surface area (Å²) in [6, 6.07) is 15.8. The predicted octanol–water partition coefficient (Wildman–Crippen LogP) is 16.2. The molecule has 3 saturated heterocycles. The smallest absolute Gasteiger partial charge is 0.236 e. The Bertz CT molecular complexity index is 4280. The van der Waals surface area contributed by atoms with Crippen LogP contribution < -0.4 is 26.6 Å². The van der Waals surface area contributed by atoms with Gasteiger partial charge in [-0.2, -0.15) is 25.3 Å². The Morgan fingerprint density at radius 2 is 0.819 bits per heavy atom. The molecule has 9 heterocycles. The van der Waals surface area contributed by atoms with Gasteiger partial charge >= 0.3 is 0 Å². The molecule has 12 rings (SSSR count). The number of benzene rings is 3. The Labute approximate surface area is 625 Å². The van der Waals surface area contributed by atoms with Crippen molar-refractivity contribution in [1.29, 1.82) is 0 Å². The summed E-state index contributed by atoms with van der Waals surface area (Å²) < 4.78 is 45.4. The number of rotatable bonds is 23. The van der Waals surface area contributed by atoms with E-state index in [4.69, 9.17) is 34.8 Å². The van der Waals surface area contributed by atoms with Gasteiger partial charge in [-0.1, -0.05) is 68.6 Å². The summed E-state index contributed by atoms with van der Waals surface area (Å²) in [5.41, 5.74) is 9.82. The molecule has 0 unspecified atom stereocenters. The third-order valence-electron chi connectivity index (χ3n) is 19.2. The van der Waals surface area contributed by atoms with Gasteiger partial charge in [0, 0.05) is 93.8 Å². The minimum atomic E-state index is -0.374. The molecule has 3 aromatic carbocycles. The fourth-order valence-corrected chi connectivity index (χ4v) is 13.8. The highest BCUT2D eigenvalue weighted by Gasteiger charge is 2.30. The number of aryl methyl sites for hydroxylation is 6. The lowest BCUT2D eigenvalue weighted by Gasteiger charge is -2.34. The first-order valence-electron chi connectivity index (χ1n) is 35.9. The number of H-pyrrole nitrogens is 3. The molecule has 3 amide bonds. The fraction of sp³-hybridized carbons (Fsp3) is 0.440. The van der Waals surface area contributed by atoms with Crippen molar-refractivity contribution in [3.05, 3.63) is 168 Å². The molecule has 3 aliphatic rings. The molecule has 9 aromatic rings. The first-order chi connectivity index (χ1) is 50.4. The zero-order valence-electron chi connectivity index (χ0n) is 61.1. The van der Waals surface area contributed by atoms with Crippen molar-refractivity contribution in [3.8, 4) is 0 Å². The van der Waals surface area contributed by atoms with Gasteiger partial charge in [-0.15, -0.1) is 0 Å². The van der Waals surface area contributed by atoms with E-state index in [9.17, 15) is 14.4 Å². The Morgan fingerprint density at radius 1 is 0.467 bits per heavy atom. The Balaban J connectivity index is 0.000000169. The molecule has 24 nitrogen and oxygen atoms in total. The highest BCUT2D eigenvalue weighted by atomic mass is 35.5. The fourth-order valence-electron chi connectivity index (χ4n) is 13.4. The molecular weight excluding hydrogens is 1410 g/mol. The minimum Gasteiger partial charge on any atom is -0.343 e. The second-order valence-electron chi connectivity index (χ2n) is 27.0. The zero-order valence-corrected chi connectivity index (χ0v) is 63.4. The van der Waals surface area contributed by atoms with Gasteiger partial charge < -0.3 is 41.3 Å². The topological polar surface area (TPSA) is 288 Å². The van der Waals surface area contributed by atoms with Crippen LogP contribution in [0.5, 0.6) is 0 Å². The summed E-state index contributed by atoms with van der Waals surface area (Å²) in [5.74, 6) is 4.06. The van der Waals surface area contributed by atoms with E-state index in [1.165, 1.54) is 18.6 Å². The molecule has 0 bridgehead atoms. The maximum Gasteiger partial charge on any atom is 0.236 e. The van der Waals surface area contributed by atoms with Gasteiger partial charge in [-0.05, 0) is 193 Å². The van der Waals surface area contributed by atoms with Crippen LogP contribution in [-0.4, -0.2) is 157 Å². The number of likely N-dealkylation sites (tertiary alicyclic amines) is 3. The molecule has 30 heteroatoms. The van der Waals surface area contributed by atoms with E-state index in [-0.39, 0.29) is 71.2 Å². The van der Waals surface area contributed by atoms with Crippen LogP contribution >= 0.6 is 34.8 Å². The van der Waals surface area contributed by atoms with E-state index in [1.807, 2.05) is 94.4 Å². The second-order valence-corrected chi connectivity index (χ2v) is 28.2. The predicted molar refractivity (Wildman–Crippen MR) is 407 cm³/mol. The summed E-state index contributed by atoms with van der Waals surface area (Å²) in [6.07, 6.45) is 12.6. The molecule has 8 N–H and O–H groups in total. The van der Waals surface area contributed by atoms with Crippen molar-refractivity contribution in [3.63, 3.8) is 0 Å². The molecule has 0 atom stereocenters. The van der Waals surface area contributed by atoms with Crippen LogP contribution in [0.3, 0.4) is 0 Å². The Kier molecular flexibility index (Phi) is 27.2. The summed E-state index contributed by atoms with van der Waals surface area (Å²) in [5, 5.41) is 37.0. The number of nitrogens with zero attached hydrogens (tertiary/aromatic N) is 13. The van der Waals surface area contributed by atoms with Crippen molar-refractivity contribution in [2.24, 2.45) is 0 Å². The van der Waals surface area contributed by atoms with Gasteiger partial charge in [-0.25, -0.2) is 33.1 Å². The number of carbonyl (C=O) groups excluding carboxylic acids is 3. The van der Waals surface area contributed by atoms with Crippen LogP contribution in [0, 0.1) is 59.0 Å². The van der Waals surface area contributed by atoms with Crippen molar-refractivity contribution in [2.75, 3.05) is 85.5 Å². The number of nitrogens with one attached hydrogen (secondary N) is 8. The molecular formula is C75H93Cl3F3N21O3. The van der Waals surface area contributed by atoms with Crippen LogP contribution in [0.1, 0.15) is 172 Å². The highest BCUT2D eigenvalue weighted by molar-refractivity contribution is 6.33. The Hall–Kier alpha value is -9.44. The van der Waals surface area contributed by atoms with Crippen molar-refractivity contribution in [2.45, 2.75) is 158 Å². The Morgan fingerprint density at radius 3 is 1.18 bits per heavy atom. The summed E-state index contributed by atoms with van der Waals surface area (Å²) in [7, 11) is 0. The molecule has 558 valence electrons. The molecule has 3 aliphatic heterocycles. The molecule has 3 fully saturated rings. The summed E-state index contributed by atoms with van der Waals surface area (Å²) in [6.45, 7) is 26.3. The number of likely N-dealkylation sites (N-methyl/N-ethyl adjacent to an activating group) is 1. The standard InChI is InChI=1S/C27H35ClFN7O.2C24H29ClFN7O/c1-5-35(6-2)16-26(37)36-9-7-19(8-10-36)21-14-23(29)20(11-17(21)3)13-24-30-15-22(28)27(31-24)32-25-12-18(4)33-34-25;2*1-4-5-22(34)33-8-6-16(7-9-33)17-12-19(26)20(10-14(17)2)28-24-27-13-18(25)23(30-24)29-21-11-15(3)31-32-21/h11-12,14-15,19H,5-10,13,16H2,1-4H3,(H2,30,31,32,33,34);2*10-13,16H,4-9H2,1-3H3,(H3,27,28,29,30,31,32). The number of amides is 3. The van der Waals surface area contributed by atoms with Crippen molar-refractivity contribution < 1.29 is 27.6 Å². The molecule has 6 aromatic heterocycles. The number of aromatic amines is 3. The average Bonchev–Trinajstić information content (AvgIpc) is 1.43. The molecule has 0 spiro atoms. The number of hydrogen-bond acceptors (Lipinski definition) is 18. The number of anilines is 10. The largest absolute Gasteiger partial charge is 0.343 e. The number of aromatic nitrogens is 12. The number of hydrogen-bond donors (Lipinski definition) is 8. The molecule has 105 heavy (non-hydrogen) atoms. The van der Waals surface area contributed by atoms with Crippen LogP contribution in [0.2, 0.25) is 15.1 Å². The van der Waals surface area contributed by atoms with E-state index < -0.39 is 0 Å². The average molecular weight is 1500 g/mol. The van der Waals surface area contributed by atoms with Crippen molar-refractivity contribution >= 4 is 111 Å². The lowest BCUT2D eigenvalue weighted by molar-refractivity contribution is -0.133. The van der Waals surface area contributed by atoms with E-state index in [0.29, 0.717) is 131 Å². The van der Waals surface area contributed by atoms with Gasteiger partial charge in [-0.3, -0.25) is 34.6 Å². The van der Waals surface area contributed by atoms with Crippen LogP contribution in [0.25, 0.3) is 0 Å². The molecule has 0 radical (unpaired) electrons. The monoisotopic (exact) mass is 1500 g/mol. The van der Waals surface area contributed by atoms with Gasteiger partial charge in [0.15, 0.2) is 34.9 Å². The maximum absolute atomic E-state index is 15.2. The number of halogens is 6. The van der Waals surface area contributed by atoms with Crippen LogP contribution in [-0.2, 0) is 20.8 Å². The lowest BCUT2D eigenvalue weighted by atomic mass is 9.85. The SMILES string of the molecule is CCCC(=O)N1CCC(c2cc(F)c(Nc3ncc(Cl)c(Nc4cc(C)[nH]n4)n3)cc2C)CC1.CCCC(=O)N1CCC(c2cc(F)c(Nc3ncc(Cl)c(Nc4cc(C)[nH]n4)n3)cc2C)CC1.CCN(CC)CC(=O)N1CCC(c2cc(F)c(Cc3ncc(Cl)c(Nc4cc(C)[nH]n4)n3)cc2C)CC1. The third kappa shape index (κ3) is 21.0. The van der Waals surface area contributed by atoms with Crippen LogP contribution in [0.15, 0.2) is 73.2 Å². The minimum absolute atomic E-state index is 0.180. The number of carbonyl (C=O) groups is 3.